The molecule has 1 atom stereocenters. The molecule has 0 aliphatic carbocycles. The lowest BCUT2D eigenvalue weighted by molar-refractivity contribution is 0.0956. The smallest absolute Gasteiger partial charge is 0.251 e. The molecule has 1 aromatic carbocycles. The Bertz CT molecular complexity index is 473. The number of hydrogen-bond acceptors (Lipinski definition) is 3. The number of hydrogen-bond donors (Lipinski definition) is 2. The number of nitrogens with one attached hydrogen (secondary N) is 1. The van der Waals surface area contributed by atoms with Gasteiger partial charge in [-0.3, -0.25) is 4.79 Å². The molecule has 1 fully saturated rings. The van der Waals surface area contributed by atoms with Crippen molar-refractivity contribution >= 4 is 17.3 Å². The fourth-order valence-electron chi connectivity index (χ4n) is 2.73. The van der Waals surface area contributed by atoms with E-state index in [1.54, 1.807) is 6.07 Å². The summed E-state index contributed by atoms with van der Waals surface area (Å²) in [6.07, 6.45) is 3.64. The van der Waals surface area contributed by atoms with Gasteiger partial charge in [0.15, 0.2) is 0 Å². The first-order valence-corrected chi connectivity index (χ1v) is 7.54. The maximum Gasteiger partial charge on any atom is 0.251 e. The zero-order valence-electron chi connectivity index (χ0n) is 12.5. The van der Waals surface area contributed by atoms with Gasteiger partial charge >= 0.3 is 0 Å². The first-order valence-electron chi connectivity index (χ1n) is 7.54. The quantitative estimate of drug-likeness (QED) is 0.834. The van der Waals surface area contributed by atoms with Crippen molar-refractivity contribution in [1.29, 1.82) is 0 Å². The van der Waals surface area contributed by atoms with Gasteiger partial charge in [-0.1, -0.05) is 6.92 Å². The predicted octanol–water partition coefficient (Wildman–Crippen LogP) is 2.64. The highest BCUT2D eigenvalue weighted by Gasteiger charge is 2.17. The number of nitrogens with zero attached hydrogens (tertiary/aromatic N) is 1. The van der Waals surface area contributed by atoms with E-state index in [4.69, 9.17) is 5.73 Å². The number of rotatable bonds is 3. The van der Waals surface area contributed by atoms with E-state index in [-0.39, 0.29) is 5.91 Å². The average Bonchev–Trinajstić information content (AvgIpc) is 2.64. The molecule has 0 aromatic heterocycles. The SMILES string of the molecule is CCNC(=O)c1ccc(N)c(N2CCCC(C)CC2)c1. The summed E-state index contributed by atoms with van der Waals surface area (Å²) < 4.78 is 0. The van der Waals surface area contributed by atoms with Crippen molar-refractivity contribution in [2.24, 2.45) is 5.92 Å². The monoisotopic (exact) mass is 275 g/mol. The van der Waals surface area contributed by atoms with Crippen molar-refractivity contribution in [2.45, 2.75) is 33.1 Å². The van der Waals surface area contributed by atoms with Crippen LogP contribution in [0.3, 0.4) is 0 Å². The zero-order chi connectivity index (χ0) is 14.5. The Balaban J connectivity index is 2.21. The highest BCUT2D eigenvalue weighted by molar-refractivity contribution is 5.96. The van der Waals surface area contributed by atoms with Crippen LogP contribution >= 0.6 is 0 Å². The van der Waals surface area contributed by atoms with Gasteiger partial charge in [0.05, 0.1) is 11.4 Å². The third-order valence-electron chi connectivity index (χ3n) is 3.99. The Morgan fingerprint density at radius 3 is 2.95 bits per heavy atom. The molecule has 4 heteroatoms. The van der Waals surface area contributed by atoms with Crippen LogP contribution in [0.25, 0.3) is 0 Å². The van der Waals surface area contributed by atoms with Crippen molar-refractivity contribution in [2.75, 3.05) is 30.3 Å². The molecule has 20 heavy (non-hydrogen) atoms. The Morgan fingerprint density at radius 2 is 2.20 bits per heavy atom. The number of nitrogen functional groups attached to an aromatic ring is 1. The lowest BCUT2D eigenvalue weighted by Gasteiger charge is -2.25. The van der Waals surface area contributed by atoms with E-state index in [1.807, 2.05) is 19.1 Å². The minimum atomic E-state index is -0.0306. The van der Waals surface area contributed by atoms with Gasteiger partial charge in [0, 0.05) is 25.2 Å². The fraction of sp³-hybridized carbons (Fsp3) is 0.562. The summed E-state index contributed by atoms with van der Waals surface area (Å²) in [7, 11) is 0. The van der Waals surface area contributed by atoms with Crippen molar-refractivity contribution in [1.82, 2.24) is 5.32 Å². The molecule has 1 amide bonds. The summed E-state index contributed by atoms with van der Waals surface area (Å²) in [5, 5.41) is 2.83. The lowest BCUT2D eigenvalue weighted by Crippen LogP contribution is -2.27. The van der Waals surface area contributed by atoms with Gasteiger partial charge in [0.25, 0.3) is 5.91 Å². The standard InChI is InChI=1S/C16H25N3O/c1-3-18-16(20)13-6-7-14(17)15(11-13)19-9-4-5-12(2)8-10-19/h6-7,11-12H,3-5,8-10,17H2,1-2H3,(H,18,20). The second kappa shape index (κ2) is 6.64. The highest BCUT2D eigenvalue weighted by Crippen LogP contribution is 2.28. The number of carbonyl (C=O) groups is 1. The van der Waals surface area contributed by atoms with Crippen LogP contribution in [0.4, 0.5) is 11.4 Å². The van der Waals surface area contributed by atoms with Gasteiger partial charge in [-0.05, 0) is 50.3 Å². The van der Waals surface area contributed by atoms with E-state index >= 15 is 0 Å². The molecule has 0 spiro atoms. The highest BCUT2D eigenvalue weighted by atomic mass is 16.1. The van der Waals surface area contributed by atoms with E-state index in [0.29, 0.717) is 12.1 Å². The van der Waals surface area contributed by atoms with Crippen LogP contribution in [0.1, 0.15) is 43.5 Å². The van der Waals surface area contributed by atoms with Gasteiger partial charge in [-0.15, -0.1) is 0 Å². The average molecular weight is 275 g/mol. The van der Waals surface area contributed by atoms with Gasteiger partial charge in [0.2, 0.25) is 0 Å². The summed E-state index contributed by atoms with van der Waals surface area (Å²) in [6, 6.07) is 5.56. The van der Waals surface area contributed by atoms with E-state index in [0.717, 1.165) is 30.4 Å². The molecule has 4 nitrogen and oxygen atoms in total. The normalized spacial score (nSPS) is 19.5. The Hall–Kier alpha value is -1.71. The first kappa shape index (κ1) is 14.7. The molecule has 0 radical (unpaired) electrons. The van der Waals surface area contributed by atoms with Crippen LogP contribution in [-0.4, -0.2) is 25.5 Å². The Labute approximate surface area is 121 Å². The van der Waals surface area contributed by atoms with Gasteiger partial charge in [-0.2, -0.15) is 0 Å². The van der Waals surface area contributed by atoms with E-state index < -0.39 is 0 Å². The number of nitrogens with two attached hydrogens (primary N) is 1. The van der Waals surface area contributed by atoms with Crippen LogP contribution in [0, 0.1) is 5.92 Å². The summed E-state index contributed by atoms with van der Waals surface area (Å²) in [5.41, 5.74) is 8.55. The van der Waals surface area contributed by atoms with Gasteiger partial charge in [-0.25, -0.2) is 0 Å². The third kappa shape index (κ3) is 3.44. The third-order valence-corrected chi connectivity index (χ3v) is 3.99. The van der Waals surface area contributed by atoms with Crippen LogP contribution in [0.15, 0.2) is 18.2 Å². The van der Waals surface area contributed by atoms with Gasteiger partial charge in [0.1, 0.15) is 0 Å². The van der Waals surface area contributed by atoms with E-state index in [9.17, 15) is 4.79 Å². The van der Waals surface area contributed by atoms with Gasteiger partial charge < -0.3 is 16.0 Å². The topological polar surface area (TPSA) is 58.4 Å². The summed E-state index contributed by atoms with van der Waals surface area (Å²) in [5.74, 6) is 0.740. The van der Waals surface area contributed by atoms with Crippen molar-refractivity contribution < 1.29 is 4.79 Å². The molecule has 2 rings (SSSR count). The molecule has 1 heterocycles. The second-order valence-electron chi connectivity index (χ2n) is 5.66. The fourth-order valence-corrected chi connectivity index (χ4v) is 2.73. The molecule has 1 aliphatic rings. The largest absolute Gasteiger partial charge is 0.397 e. The lowest BCUT2D eigenvalue weighted by atomic mass is 10.0. The maximum atomic E-state index is 11.9. The van der Waals surface area contributed by atoms with E-state index in [1.165, 1.54) is 19.3 Å². The molecule has 1 saturated heterocycles. The number of anilines is 2. The van der Waals surface area contributed by atoms with Crippen LogP contribution in [0.2, 0.25) is 0 Å². The minimum Gasteiger partial charge on any atom is -0.397 e. The Morgan fingerprint density at radius 1 is 1.40 bits per heavy atom. The number of carbonyl (C=O) groups excluding carboxylic acids is 1. The summed E-state index contributed by atoms with van der Waals surface area (Å²) in [6.45, 7) is 6.90. The second-order valence-corrected chi connectivity index (χ2v) is 5.66. The minimum absolute atomic E-state index is 0.0306. The first-order chi connectivity index (χ1) is 9.61. The Kier molecular flexibility index (Phi) is 4.88. The molecule has 1 aromatic rings. The van der Waals surface area contributed by atoms with Crippen molar-refractivity contribution in [3.63, 3.8) is 0 Å². The molecular weight excluding hydrogens is 250 g/mol. The van der Waals surface area contributed by atoms with Crippen molar-refractivity contribution in [3.8, 4) is 0 Å². The molecule has 0 bridgehead atoms. The van der Waals surface area contributed by atoms with Crippen molar-refractivity contribution in [3.05, 3.63) is 23.8 Å². The van der Waals surface area contributed by atoms with Crippen LogP contribution in [-0.2, 0) is 0 Å². The molecule has 3 N–H and O–H groups in total. The molecule has 1 unspecified atom stereocenters. The van der Waals surface area contributed by atoms with E-state index in [2.05, 4.69) is 17.1 Å². The molecule has 1 aliphatic heterocycles. The molecule has 110 valence electrons. The number of benzene rings is 1. The van der Waals surface area contributed by atoms with Crippen LogP contribution < -0.4 is 16.0 Å². The summed E-state index contributed by atoms with van der Waals surface area (Å²) >= 11 is 0. The zero-order valence-corrected chi connectivity index (χ0v) is 12.5. The molecule has 0 saturated carbocycles. The number of amides is 1. The predicted molar refractivity (Wildman–Crippen MR) is 84.1 cm³/mol. The summed E-state index contributed by atoms with van der Waals surface area (Å²) in [4.78, 5) is 14.3. The molecular formula is C16H25N3O. The van der Waals surface area contributed by atoms with Crippen LogP contribution in [0.5, 0.6) is 0 Å². The maximum absolute atomic E-state index is 11.9.